The van der Waals surface area contributed by atoms with Crippen LogP contribution in [0.2, 0.25) is 0 Å². The highest BCUT2D eigenvalue weighted by atomic mass is 32.2. The number of carbonyl (C=O) groups excluding carboxylic acids is 1. The van der Waals surface area contributed by atoms with Crippen LogP contribution in [0.25, 0.3) is 0 Å². The fourth-order valence-electron chi connectivity index (χ4n) is 4.25. The number of esters is 1. The molecule has 0 radical (unpaired) electrons. The molecule has 3 aromatic carbocycles. The molecule has 1 aliphatic heterocycles. The van der Waals surface area contributed by atoms with Gasteiger partial charge in [-0.1, -0.05) is 78.9 Å². The highest BCUT2D eigenvalue weighted by Crippen LogP contribution is 2.32. The van der Waals surface area contributed by atoms with Gasteiger partial charge < -0.3 is 23.7 Å². The van der Waals surface area contributed by atoms with Crippen LogP contribution >= 0.6 is 0 Å². The minimum atomic E-state index is -3.97. The second-order valence-corrected chi connectivity index (χ2v) is 10.6. The molecule has 9 nitrogen and oxygen atoms in total. The van der Waals surface area contributed by atoms with E-state index >= 15 is 0 Å². The molecule has 0 spiro atoms. The van der Waals surface area contributed by atoms with Crippen molar-refractivity contribution in [1.82, 2.24) is 0 Å². The summed E-state index contributed by atoms with van der Waals surface area (Å²) in [5.41, 5.74) is 2.15. The van der Waals surface area contributed by atoms with Crippen molar-refractivity contribution in [2.45, 2.75) is 43.9 Å². The SMILES string of the molecule is COC1O[C@H]([C@@H](COC(=O)c2ccccc2)OS(C)(=O)=O)[C@@H](OCc2ccccc2)C1OCc1ccccc1. The van der Waals surface area contributed by atoms with E-state index in [4.69, 9.17) is 27.9 Å². The summed E-state index contributed by atoms with van der Waals surface area (Å²) in [5.74, 6) is -0.627. The lowest BCUT2D eigenvalue weighted by Crippen LogP contribution is -2.46. The zero-order valence-electron chi connectivity index (χ0n) is 21.8. The molecule has 4 rings (SSSR count). The summed E-state index contributed by atoms with van der Waals surface area (Å²) in [6.07, 6.45) is -3.75. The van der Waals surface area contributed by atoms with Gasteiger partial charge in [-0.3, -0.25) is 4.18 Å². The Morgan fingerprint density at radius 2 is 1.33 bits per heavy atom. The Morgan fingerprint density at radius 3 is 1.85 bits per heavy atom. The summed E-state index contributed by atoms with van der Waals surface area (Å²) < 4.78 is 59.4. The van der Waals surface area contributed by atoms with Gasteiger partial charge in [0, 0.05) is 7.11 Å². The Morgan fingerprint density at radius 1 is 0.821 bits per heavy atom. The minimum absolute atomic E-state index is 0.197. The first-order valence-corrected chi connectivity index (χ1v) is 14.3. The van der Waals surface area contributed by atoms with Gasteiger partial charge in [0.2, 0.25) is 0 Å². The Balaban J connectivity index is 1.57. The van der Waals surface area contributed by atoms with E-state index in [0.717, 1.165) is 17.4 Å². The van der Waals surface area contributed by atoms with E-state index in [2.05, 4.69) is 0 Å². The first kappa shape index (κ1) is 28.9. The number of methoxy groups -OCH3 is 1. The largest absolute Gasteiger partial charge is 0.459 e. The quantitative estimate of drug-likeness (QED) is 0.230. The standard InChI is InChI=1S/C29H32O9S/c1-33-29-27(35-19-22-14-8-4-9-15-22)26(34-18-21-12-6-3-7-13-21)25(37-29)24(38-39(2,31)32)20-36-28(30)23-16-10-5-11-17-23/h3-17,24-27,29H,18-20H2,1-2H3/t24-,25-,26-,27?,29?/m1/s1. The molecule has 3 aromatic rings. The van der Waals surface area contributed by atoms with Crippen molar-refractivity contribution in [3.8, 4) is 0 Å². The van der Waals surface area contributed by atoms with Crippen molar-refractivity contribution in [1.29, 1.82) is 0 Å². The van der Waals surface area contributed by atoms with E-state index in [1.54, 1.807) is 30.3 Å². The van der Waals surface area contributed by atoms with Gasteiger partial charge in [0.05, 0.1) is 25.0 Å². The van der Waals surface area contributed by atoms with Gasteiger partial charge >= 0.3 is 5.97 Å². The van der Waals surface area contributed by atoms with Crippen molar-refractivity contribution in [3.05, 3.63) is 108 Å². The van der Waals surface area contributed by atoms with Gasteiger partial charge in [0.15, 0.2) is 6.29 Å². The predicted octanol–water partition coefficient (Wildman–Crippen LogP) is 3.73. The third-order valence-electron chi connectivity index (χ3n) is 6.06. The van der Waals surface area contributed by atoms with Crippen LogP contribution in [0, 0.1) is 0 Å². The number of hydrogen-bond acceptors (Lipinski definition) is 9. The van der Waals surface area contributed by atoms with Gasteiger partial charge in [0.25, 0.3) is 10.1 Å². The van der Waals surface area contributed by atoms with Gasteiger partial charge in [-0.2, -0.15) is 8.42 Å². The molecule has 1 saturated heterocycles. The van der Waals surface area contributed by atoms with E-state index in [1.165, 1.54) is 7.11 Å². The minimum Gasteiger partial charge on any atom is -0.459 e. The average molecular weight is 557 g/mol. The van der Waals surface area contributed by atoms with Crippen LogP contribution in [0.1, 0.15) is 21.5 Å². The monoisotopic (exact) mass is 556 g/mol. The number of ether oxygens (including phenoxy) is 5. The zero-order valence-corrected chi connectivity index (χ0v) is 22.6. The molecule has 0 bridgehead atoms. The fraction of sp³-hybridized carbons (Fsp3) is 0.345. The third kappa shape index (κ3) is 8.43. The zero-order chi connectivity index (χ0) is 27.7. The van der Waals surface area contributed by atoms with E-state index in [0.29, 0.717) is 5.56 Å². The molecule has 0 amide bonds. The van der Waals surface area contributed by atoms with E-state index in [-0.39, 0.29) is 13.2 Å². The molecule has 5 atom stereocenters. The van der Waals surface area contributed by atoms with E-state index in [9.17, 15) is 13.2 Å². The Hall–Kier alpha value is -3.12. The lowest BCUT2D eigenvalue weighted by atomic mass is 10.1. The summed E-state index contributed by atoms with van der Waals surface area (Å²) in [7, 11) is -2.51. The molecule has 1 heterocycles. The van der Waals surface area contributed by atoms with Crippen LogP contribution in [0.3, 0.4) is 0 Å². The van der Waals surface area contributed by atoms with E-state index in [1.807, 2.05) is 60.7 Å². The number of rotatable bonds is 13. The van der Waals surface area contributed by atoms with Crippen LogP contribution in [-0.4, -0.2) is 65.1 Å². The first-order valence-electron chi connectivity index (χ1n) is 12.4. The highest BCUT2D eigenvalue weighted by Gasteiger charge is 2.51. The molecule has 1 fully saturated rings. The maximum Gasteiger partial charge on any atom is 0.338 e. The molecule has 2 unspecified atom stereocenters. The number of carbonyl (C=O) groups is 1. The lowest BCUT2D eigenvalue weighted by Gasteiger charge is -2.28. The molecule has 0 aromatic heterocycles. The summed E-state index contributed by atoms with van der Waals surface area (Å²) in [5, 5.41) is 0. The van der Waals surface area contributed by atoms with Crippen molar-refractivity contribution in [3.63, 3.8) is 0 Å². The molecule has 0 saturated carbocycles. The Bertz CT molecular complexity index is 1270. The molecule has 10 heteroatoms. The summed E-state index contributed by atoms with van der Waals surface area (Å²) in [4.78, 5) is 12.6. The third-order valence-corrected chi connectivity index (χ3v) is 6.66. The second kappa shape index (κ2) is 13.8. The van der Waals surface area contributed by atoms with Crippen molar-refractivity contribution in [2.24, 2.45) is 0 Å². The summed E-state index contributed by atoms with van der Waals surface area (Å²) >= 11 is 0. The molecule has 208 valence electrons. The van der Waals surface area contributed by atoms with Crippen LogP contribution in [0.4, 0.5) is 0 Å². The molecule has 39 heavy (non-hydrogen) atoms. The van der Waals surface area contributed by atoms with Crippen LogP contribution < -0.4 is 0 Å². The van der Waals surface area contributed by atoms with Crippen LogP contribution in [0.5, 0.6) is 0 Å². The highest BCUT2D eigenvalue weighted by molar-refractivity contribution is 7.86. The normalized spacial score (nSPS) is 21.9. The van der Waals surface area contributed by atoms with Gasteiger partial charge in [-0.05, 0) is 23.3 Å². The molecular formula is C29H32O9S. The van der Waals surface area contributed by atoms with Crippen molar-refractivity contribution in [2.75, 3.05) is 20.0 Å². The Labute approximate surface area is 228 Å². The van der Waals surface area contributed by atoms with Gasteiger partial charge in [0.1, 0.15) is 31.0 Å². The van der Waals surface area contributed by atoms with Crippen molar-refractivity contribution < 1.29 is 41.1 Å². The molecule has 0 N–H and O–H groups in total. The topological polar surface area (TPSA) is 107 Å². The molecular weight excluding hydrogens is 524 g/mol. The summed E-state index contributed by atoms with van der Waals surface area (Å²) in [6, 6.07) is 27.4. The smallest absolute Gasteiger partial charge is 0.338 e. The van der Waals surface area contributed by atoms with Crippen LogP contribution in [0.15, 0.2) is 91.0 Å². The fourth-order valence-corrected chi connectivity index (χ4v) is 4.87. The average Bonchev–Trinajstić information content (AvgIpc) is 3.31. The maximum atomic E-state index is 12.6. The second-order valence-electron chi connectivity index (χ2n) is 9.03. The predicted molar refractivity (Wildman–Crippen MR) is 142 cm³/mol. The summed E-state index contributed by atoms with van der Waals surface area (Å²) in [6.45, 7) is 0.0358. The first-order chi connectivity index (χ1) is 18.8. The maximum absolute atomic E-state index is 12.6. The van der Waals surface area contributed by atoms with Gasteiger partial charge in [-0.25, -0.2) is 4.79 Å². The number of hydrogen-bond donors (Lipinski definition) is 0. The van der Waals surface area contributed by atoms with Crippen LogP contribution in [-0.2, 0) is 51.2 Å². The molecule has 1 aliphatic rings. The van der Waals surface area contributed by atoms with Crippen molar-refractivity contribution >= 4 is 16.1 Å². The number of benzene rings is 3. The Kier molecular flexibility index (Phi) is 10.2. The molecule has 0 aliphatic carbocycles. The van der Waals surface area contributed by atoms with Gasteiger partial charge in [-0.15, -0.1) is 0 Å². The van der Waals surface area contributed by atoms with E-state index < -0.39 is 53.4 Å². The lowest BCUT2D eigenvalue weighted by molar-refractivity contribution is -0.175.